The number of ether oxygens (including phenoxy) is 1. The maximum absolute atomic E-state index is 13.0. The molecule has 1 aromatic carbocycles. The summed E-state index contributed by atoms with van der Waals surface area (Å²) in [6.45, 7) is 6.22. The smallest absolute Gasteiger partial charge is 0.334 e. The molecule has 4 nitrogen and oxygen atoms in total. The molecule has 1 N–H and O–H groups in total. The van der Waals surface area contributed by atoms with E-state index in [2.05, 4.69) is 11.9 Å². The van der Waals surface area contributed by atoms with Gasteiger partial charge in [-0.1, -0.05) is 30.4 Å². The summed E-state index contributed by atoms with van der Waals surface area (Å²) in [5.74, 6) is -0.876. The first kappa shape index (κ1) is 19.1. The lowest BCUT2D eigenvalue weighted by molar-refractivity contribution is -0.137. The zero-order chi connectivity index (χ0) is 19.4. The fraction of sp³-hybridized carbons (Fsp3) is 0.364. The van der Waals surface area contributed by atoms with Gasteiger partial charge in [0, 0.05) is 23.6 Å². The Hall–Kier alpha value is -2.69. The normalized spacial score (nSPS) is 26.9. The number of amides is 1. The van der Waals surface area contributed by atoms with Crippen molar-refractivity contribution in [3.63, 3.8) is 0 Å². The summed E-state index contributed by atoms with van der Waals surface area (Å²) in [4.78, 5) is 24.5. The zero-order valence-corrected chi connectivity index (χ0v) is 15.5. The summed E-state index contributed by atoms with van der Waals surface area (Å²) in [5.41, 5.74) is 3.16. The van der Waals surface area contributed by atoms with Gasteiger partial charge in [0.25, 0.3) is 0 Å². The Bertz CT molecular complexity index is 807. The molecule has 1 fully saturated rings. The van der Waals surface area contributed by atoms with Crippen LogP contribution in [0.4, 0.5) is 4.39 Å². The molecule has 0 aromatic heterocycles. The third-order valence-corrected chi connectivity index (χ3v) is 5.11. The molecule has 1 aliphatic carbocycles. The van der Waals surface area contributed by atoms with Gasteiger partial charge in [0.15, 0.2) is 0 Å². The van der Waals surface area contributed by atoms with Crippen LogP contribution in [-0.2, 0) is 20.9 Å². The van der Waals surface area contributed by atoms with Gasteiger partial charge in [-0.15, -0.1) is 0 Å². The minimum absolute atomic E-state index is 0.0983. The number of rotatable bonds is 3. The van der Waals surface area contributed by atoms with E-state index in [1.807, 2.05) is 19.1 Å². The predicted octanol–water partition coefficient (Wildman–Crippen LogP) is 3.99. The molecule has 1 amide bonds. The van der Waals surface area contributed by atoms with E-state index in [1.165, 1.54) is 12.1 Å². The Kier molecular flexibility index (Phi) is 5.89. The molecule has 1 aromatic rings. The van der Waals surface area contributed by atoms with Crippen LogP contribution >= 0.6 is 0 Å². The first-order chi connectivity index (χ1) is 12.9. The Balaban J connectivity index is 1.68. The summed E-state index contributed by atoms with van der Waals surface area (Å²) in [6, 6.07) is 6.06. The van der Waals surface area contributed by atoms with Crippen LogP contribution < -0.4 is 5.32 Å². The van der Waals surface area contributed by atoms with Gasteiger partial charge in [0.2, 0.25) is 5.91 Å². The molecule has 2 aliphatic rings. The van der Waals surface area contributed by atoms with Crippen LogP contribution in [0, 0.1) is 11.7 Å². The monoisotopic (exact) mass is 369 g/mol. The second-order valence-corrected chi connectivity index (χ2v) is 7.13. The van der Waals surface area contributed by atoms with Crippen molar-refractivity contribution in [2.24, 2.45) is 5.92 Å². The van der Waals surface area contributed by atoms with Crippen LogP contribution in [0.15, 0.2) is 59.7 Å². The molecule has 0 spiro atoms. The van der Waals surface area contributed by atoms with Crippen molar-refractivity contribution < 1.29 is 18.7 Å². The molecular formula is C22H24FNO3. The van der Waals surface area contributed by atoms with E-state index < -0.39 is 0 Å². The van der Waals surface area contributed by atoms with Crippen LogP contribution in [0.1, 0.15) is 38.2 Å². The second-order valence-electron chi connectivity index (χ2n) is 7.13. The molecule has 5 heteroatoms. The summed E-state index contributed by atoms with van der Waals surface area (Å²) in [5, 5.41) is 2.90. The molecule has 1 saturated heterocycles. The quantitative estimate of drug-likeness (QED) is 0.498. The van der Waals surface area contributed by atoms with Crippen molar-refractivity contribution in [3.05, 3.63) is 71.1 Å². The minimum atomic E-state index is -0.348. The molecule has 1 aliphatic heterocycles. The number of nitrogens with one attached hydrogen (secondary N) is 1. The van der Waals surface area contributed by atoms with Crippen LogP contribution in [0.3, 0.4) is 0 Å². The molecule has 27 heavy (non-hydrogen) atoms. The highest BCUT2D eigenvalue weighted by Crippen LogP contribution is 2.34. The molecule has 2 atom stereocenters. The van der Waals surface area contributed by atoms with E-state index in [9.17, 15) is 14.0 Å². The van der Waals surface area contributed by atoms with Gasteiger partial charge in [0.1, 0.15) is 11.9 Å². The maximum Gasteiger partial charge on any atom is 0.334 e. The lowest BCUT2D eigenvalue weighted by atomic mass is 9.87. The van der Waals surface area contributed by atoms with Gasteiger partial charge in [0.05, 0.1) is 0 Å². The Morgan fingerprint density at radius 3 is 2.78 bits per heavy atom. The zero-order valence-electron chi connectivity index (χ0n) is 15.5. The topological polar surface area (TPSA) is 55.4 Å². The third kappa shape index (κ3) is 4.73. The molecule has 0 radical (unpaired) electrons. The van der Waals surface area contributed by atoms with Crippen molar-refractivity contribution in [1.82, 2.24) is 5.32 Å². The largest absolute Gasteiger partial charge is 0.454 e. The first-order valence-electron chi connectivity index (χ1n) is 9.23. The number of esters is 1. The Morgan fingerprint density at radius 2 is 2.04 bits per heavy atom. The van der Waals surface area contributed by atoms with E-state index in [4.69, 9.17) is 4.74 Å². The molecule has 0 unspecified atom stereocenters. The van der Waals surface area contributed by atoms with Gasteiger partial charge < -0.3 is 10.1 Å². The average molecular weight is 369 g/mol. The second kappa shape index (κ2) is 8.33. The average Bonchev–Trinajstić information content (AvgIpc) is 2.91. The van der Waals surface area contributed by atoms with Crippen molar-refractivity contribution >= 4 is 11.9 Å². The van der Waals surface area contributed by atoms with Crippen LogP contribution in [0.5, 0.6) is 0 Å². The van der Waals surface area contributed by atoms with E-state index in [0.29, 0.717) is 30.5 Å². The lowest BCUT2D eigenvalue weighted by Gasteiger charge is -2.18. The lowest BCUT2D eigenvalue weighted by Crippen LogP contribution is -2.25. The number of fused-ring (bicyclic) bond motifs is 1. The van der Waals surface area contributed by atoms with Crippen molar-refractivity contribution in [2.45, 2.75) is 45.3 Å². The van der Waals surface area contributed by atoms with E-state index >= 15 is 0 Å². The highest BCUT2D eigenvalue weighted by Gasteiger charge is 2.37. The number of benzene rings is 1. The molecule has 0 saturated carbocycles. The van der Waals surface area contributed by atoms with Gasteiger partial charge in [-0.25, -0.2) is 9.18 Å². The van der Waals surface area contributed by atoms with Crippen LogP contribution in [-0.4, -0.2) is 18.0 Å². The van der Waals surface area contributed by atoms with Crippen molar-refractivity contribution in [1.29, 1.82) is 0 Å². The Labute approximate surface area is 158 Å². The maximum atomic E-state index is 13.0. The summed E-state index contributed by atoms with van der Waals surface area (Å²) in [7, 11) is 0. The number of allylic oxidation sites excluding steroid dienone is 2. The van der Waals surface area contributed by atoms with E-state index in [0.717, 1.165) is 24.0 Å². The van der Waals surface area contributed by atoms with Gasteiger partial charge in [-0.05, 0) is 56.4 Å². The Morgan fingerprint density at radius 1 is 1.30 bits per heavy atom. The minimum Gasteiger partial charge on any atom is -0.454 e. The SMILES string of the molecule is C=C1C(=O)O[C@@H]2/C=C(\C)CC/C=C(/C(=O)NCc3ccc(F)cc3)CC[C@@H]12. The summed E-state index contributed by atoms with van der Waals surface area (Å²) >= 11 is 0. The number of carbonyl (C=O) groups excluding carboxylic acids is 2. The number of hydrogen-bond acceptors (Lipinski definition) is 3. The highest BCUT2D eigenvalue weighted by molar-refractivity contribution is 5.93. The van der Waals surface area contributed by atoms with Gasteiger partial charge >= 0.3 is 5.97 Å². The predicted molar refractivity (Wildman–Crippen MR) is 101 cm³/mol. The molecular weight excluding hydrogens is 345 g/mol. The van der Waals surface area contributed by atoms with Crippen molar-refractivity contribution in [3.8, 4) is 0 Å². The van der Waals surface area contributed by atoms with Gasteiger partial charge in [-0.2, -0.15) is 0 Å². The highest BCUT2D eigenvalue weighted by atomic mass is 19.1. The van der Waals surface area contributed by atoms with E-state index in [-0.39, 0.29) is 29.7 Å². The summed E-state index contributed by atoms with van der Waals surface area (Å²) < 4.78 is 18.4. The first-order valence-corrected chi connectivity index (χ1v) is 9.23. The molecule has 1 heterocycles. The molecule has 0 bridgehead atoms. The molecule has 3 rings (SSSR count). The van der Waals surface area contributed by atoms with Crippen molar-refractivity contribution in [2.75, 3.05) is 0 Å². The number of halogens is 1. The van der Waals surface area contributed by atoms with Crippen LogP contribution in [0.2, 0.25) is 0 Å². The summed E-state index contributed by atoms with van der Waals surface area (Å²) in [6.07, 6.45) is 6.45. The third-order valence-electron chi connectivity index (χ3n) is 5.11. The van der Waals surface area contributed by atoms with Crippen LogP contribution in [0.25, 0.3) is 0 Å². The fourth-order valence-corrected chi connectivity index (χ4v) is 3.47. The fourth-order valence-electron chi connectivity index (χ4n) is 3.47. The molecule has 142 valence electrons. The standard InChI is InChI=1S/C22H24FNO3/c1-14-4-3-5-17(8-11-19-15(2)22(26)27-20(19)12-14)21(25)24-13-16-6-9-18(23)10-7-16/h5-7,9-10,12,19-20H,2-4,8,11,13H2,1H3,(H,24,25)/b14-12+,17-5+/t19-,20+/m0/s1. The van der Waals surface area contributed by atoms with E-state index in [1.54, 1.807) is 12.1 Å². The van der Waals surface area contributed by atoms with Gasteiger partial charge in [-0.3, -0.25) is 4.79 Å². The number of hydrogen-bond donors (Lipinski definition) is 1. The number of carbonyl (C=O) groups is 2.